The van der Waals surface area contributed by atoms with Gasteiger partial charge in [-0.15, -0.1) is 0 Å². The van der Waals surface area contributed by atoms with Gasteiger partial charge in [-0.3, -0.25) is 0 Å². The van der Waals surface area contributed by atoms with Crippen molar-refractivity contribution in [3.8, 4) is 5.75 Å². The molecule has 0 saturated carbocycles. The van der Waals surface area contributed by atoms with Gasteiger partial charge < -0.3 is 5.11 Å². The monoisotopic (exact) mass is 189 g/mol. The van der Waals surface area contributed by atoms with E-state index in [0.717, 1.165) is 24.0 Å². The van der Waals surface area contributed by atoms with E-state index >= 15 is 0 Å². The Balaban J connectivity index is 2.57. The topological polar surface area (TPSA) is 49.7 Å². The molecular weight excluding hydrogens is 178 g/mol. The minimum absolute atomic E-state index is 0.220. The minimum Gasteiger partial charge on any atom is -0.508 e. The summed E-state index contributed by atoms with van der Waals surface area (Å²) in [7, 11) is 0. The molecule has 1 atom stereocenters. The van der Waals surface area contributed by atoms with Crippen LogP contribution in [0.4, 0.5) is 0 Å². The van der Waals surface area contributed by atoms with Gasteiger partial charge in [0.1, 0.15) is 5.75 Å². The lowest BCUT2D eigenvalue weighted by Gasteiger charge is -2.17. The number of phenols is 1. The Morgan fingerprint density at radius 1 is 1.57 bits per heavy atom. The molecule has 3 nitrogen and oxygen atoms in total. The molecule has 0 saturated heterocycles. The van der Waals surface area contributed by atoms with Crippen molar-refractivity contribution in [2.24, 2.45) is 4.99 Å². The van der Waals surface area contributed by atoms with Crippen molar-refractivity contribution in [2.45, 2.75) is 25.3 Å². The van der Waals surface area contributed by atoms with Gasteiger partial charge >= 0.3 is 0 Å². The predicted molar refractivity (Wildman–Crippen MR) is 51.9 cm³/mol. The smallest absolute Gasteiger partial charge is 0.235 e. The first-order valence-corrected chi connectivity index (χ1v) is 4.57. The van der Waals surface area contributed by atoms with Crippen molar-refractivity contribution in [2.75, 3.05) is 0 Å². The maximum absolute atomic E-state index is 10.3. The highest BCUT2D eigenvalue weighted by Gasteiger charge is 2.34. The summed E-state index contributed by atoms with van der Waals surface area (Å²) in [5.41, 5.74) is 1.61. The van der Waals surface area contributed by atoms with Crippen LogP contribution in [0, 0.1) is 0 Å². The molecule has 14 heavy (non-hydrogen) atoms. The zero-order chi connectivity index (χ0) is 10.2. The van der Waals surface area contributed by atoms with Gasteiger partial charge in [0.15, 0.2) is 0 Å². The highest BCUT2D eigenvalue weighted by Crippen LogP contribution is 2.40. The van der Waals surface area contributed by atoms with Crippen LogP contribution in [0.15, 0.2) is 23.2 Å². The third-order valence-electron chi connectivity index (χ3n) is 2.85. The van der Waals surface area contributed by atoms with Gasteiger partial charge in [-0.1, -0.05) is 6.07 Å². The fraction of sp³-hybridized carbons (Fsp3) is 0.364. The van der Waals surface area contributed by atoms with Gasteiger partial charge in [-0.2, -0.15) is 4.99 Å². The second-order valence-electron chi connectivity index (χ2n) is 3.82. The molecule has 3 heteroatoms. The molecule has 1 unspecified atom stereocenters. The van der Waals surface area contributed by atoms with Gasteiger partial charge in [0, 0.05) is 0 Å². The zero-order valence-corrected chi connectivity index (χ0v) is 7.95. The maximum Gasteiger partial charge on any atom is 0.235 e. The van der Waals surface area contributed by atoms with E-state index in [1.165, 1.54) is 0 Å². The number of phenolic OH excluding ortho intramolecular Hbond substituents is 1. The van der Waals surface area contributed by atoms with E-state index in [2.05, 4.69) is 4.99 Å². The summed E-state index contributed by atoms with van der Waals surface area (Å²) < 4.78 is 0. The first-order valence-electron chi connectivity index (χ1n) is 4.57. The Morgan fingerprint density at radius 2 is 2.36 bits per heavy atom. The largest absolute Gasteiger partial charge is 0.508 e. The summed E-state index contributed by atoms with van der Waals surface area (Å²) in [4.78, 5) is 14.1. The normalized spacial score (nSPS) is 24.1. The maximum atomic E-state index is 10.3. The lowest BCUT2D eigenvalue weighted by atomic mass is 9.95. The van der Waals surface area contributed by atoms with Gasteiger partial charge in [-0.25, -0.2) is 4.79 Å². The van der Waals surface area contributed by atoms with Crippen LogP contribution < -0.4 is 0 Å². The predicted octanol–water partition coefficient (Wildman–Crippen LogP) is 1.89. The lowest BCUT2D eigenvalue weighted by molar-refractivity contribution is 0.462. The van der Waals surface area contributed by atoms with E-state index in [4.69, 9.17) is 0 Å². The van der Waals surface area contributed by atoms with Crippen LogP contribution >= 0.6 is 0 Å². The average Bonchev–Trinajstić information content (AvgIpc) is 2.45. The summed E-state index contributed by atoms with van der Waals surface area (Å²) in [5.74, 6) is 0.220. The fourth-order valence-electron chi connectivity index (χ4n) is 2.01. The molecule has 0 aromatic heterocycles. The second kappa shape index (κ2) is 2.96. The number of benzene rings is 1. The molecule has 1 aromatic carbocycles. The van der Waals surface area contributed by atoms with Crippen LogP contribution in [0.5, 0.6) is 5.75 Å². The highest BCUT2D eigenvalue weighted by atomic mass is 16.3. The van der Waals surface area contributed by atoms with Gasteiger partial charge in [0.05, 0.1) is 5.54 Å². The number of aromatic hydroxyl groups is 1. The Bertz CT molecular complexity index is 421. The van der Waals surface area contributed by atoms with Gasteiger partial charge in [0.25, 0.3) is 0 Å². The van der Waals surface area contributed by atoms with Crippen LogP contribution in [0.25, 0.3) is 0 Å². The van der Waals surface area contributed by atoms with Gasteiger partial charge in [-0.05, 0) is 43.0 Å². The molecule has 1 aromatic rings. The number of nitrogens with zero attached hydrogens (tertiary/aromatic N) is 1. The van der Waals surface area contributed by atoms with Crippen LogP contribution in [0.2, 0.25) is 0 Å². The number of rotatable bonds is 1. The molecule has 1 aliphatic rings. The first kappa shape index (κ1) is 8.97. The third-order valence-corrected chi connectivity index (χ3v) is 2.85. The Labute approximate surface area is 82.1 Å². The molecule has 0 radical (unpaired) electrons. The average molecular weight is 189 g/mol. The molecule has 1 N–H and O–H groups in total. The number of hydrogen-bond donors (Lipinski definition) is 1. The minimum atomic E-state index is -0.490. The van der Waals surface area contributed by atoms with Crippen molar-refractivity contribution >= 4 is 6.08 Å². The molecule has 0 amide bonds. The van der Waals surface area contributed by atoms with E-state index in [-0.39, 0.29) is 5.75 Å². The fourth-order valence-corrected chi connectivity index (χ4v) is 2.01. The Kier molecular flexibility index (Phi) is 1.90. The zero-order valence-electron chi connectivity index (χ0n) is 7.95. The molecule has 0 heterocycles. The SMILES string of the molecule is CC1(N=C=O)CCc2ccc(O)cc21. The van der Waals surface area contributed by atoms with Crippen molar-refractivity contribution in [3.63, 3.8) is 0 Å². The number of carbonyl (C=O) groups excluding carboxylic acids is 1. The molecule has 0 spiro atoms. The summed E-state index contributed by atoms with van der Waals surface area (Å²) in [6, 6.07) is 5.23. The quantitative estimate of drug-likeness (QED) is 0.541. The summed E-state index contributed by atoms with van der Waals surface area (Å²) in [5, 5.41) is 9.36. The standard InChI is InChI=1S/C11H11NO2/c1-11(12-7-13)5-4-8-2-3-9(14)6-10(8)11/h2-3,6,14H,4-5H2,1H3. The van der Waals surface area contributed by atoms with E-state index in [9.17, 15) is 9.90 Å². The summed E-state index contributed by atoms with van der Waals surface area (Å²) in [6.45, 7) is 1.89. The summed E-state index contributed by atoms with van der Waals surface area (Å²) in [6.07, 6.45) is 3.31. The molecule has 72 valence electrons. The first-order chi connectivity index (χ1) is 6.65. The number of fused-ring (bicyclic) bond motifs is 1. The highest BCUT2D eigenvalue weighted by molar-refractivity contribution is 5.46. The van der Waals surface area contributed by atoms with Crippen molar-refractivity contribution in [3.05, 3.63) is 29.3 Å². The van der Waals surface area contributed by atoms with Gasteiger partial charge in [0.2, 0.25) is 6.08 Å². The van der Waals surface area contributed by atoms with E-state index in [1.54, 1.807) is 18.2 Å². The van der Waals surface area contributed by atoms with E-state index < -0.39 is 5.54 Å². The van der Waals surface area contributed by atoms with E-state index in [0.29, 0.717) is 0 Å². The van der Waals surface area contributed by atoms with Crippen molar-refractivity contribution < 1.29 is 9.90 Å². The Hall–Kier alpha value is -1.60. The van der Waals surface area contributed by atoms with Crippen molar-refractivity contribution in [1.82, 2.24) is 0 Å². The van der Waals surface area contributed by atoms with Crippen LogP contribution in [-0.4, -0.2) is 11.2 Å². The molecule has 0 fully saturated rings. The van der Waals surface area contributed by atoms with Crippen molar-refractivity contribution in [1.29, 1.82) is 0 Å². The number of isocyanates is 1. The third kappa shape index (κ3) is 1.22. The lowest BCUT2D eigenvalue weighted by Crippen LogP contribution is -2.14. The number of hydrogen-bond acceptors (Lipinski definition) is 3. The number of aliphatic imine (C=N–C) groups is 1. The molecular formula is C11H11NO2. The van der Waals surface area contributed by atoms with E-state index in [1.807, 2.05) is 13.0 Å². The van der Waals surface area contributed by atoms with Crippen LogP contribution in [0.3, 0.4) is 0 Å². The summed E-state index contributed by atoms with van der Waals surface area (Å²) >= 11 is 0. The molecule has 1 aliphatic carbocycles. The number of aryl methyl sites for hydroxylation is 1. The molecule has 0 bridgehead atoms. The molecule has 0 aliphatic heterocycles. The van der Waals surface area contributed by atoms with Crippen LogP contribution in [-0.2, 0) is 16.8 Å². The van der Waals surface area contributed by atoms with Crippen LogP contribution in [0.1, 0.15) is 24.5 Å². The molecule has 2 rings (SSSR count). The second-order valence-corrected chi connectivity index (χ2v) is 3.82. The Morgan fingerprint density at radius 3 is 3.07 bits per heavy atom.